The maximum atomic E-state index is 9.48. The monoisotopic (exact) mass is 266 g/mol. The lowest BCUT2D eigenvalue weighted by molar-refractivity contribution is 0.0884. The van der Waals surface area contributed by atoms with Crippen LogP contribution in [0.2, 0.25) is 0 Å². The number of aryl methyl sites for hydroxylation is 1. The fraction of sp³-hybridized carbons (Fsp3) is 0.625. The molecule has 3 nitrogen and oxygen atoms in total. The maximum Gasteiger partial charge on any atom is 0.122 e. The Morgan fingerprint density at radius 1 is 1.26 bits per heavy atom. The quantitative estimate of drug-likeness (QED) is 0.832. The van der Waals surface area contributed by atoms with E-state index in [9.17, 15) is 5.11 Å². The molecule has 0 heterocycles. The number of rotatable bonds is 6. The van der Waals surface area contributed by atoms with Crippen molar-refractivity contribution in [2.75, 3.05) is 13.2 Å². The van der Waals surface area contributed by atoms with Crippen LogP contribution >= 0.6 is 0 Å². The van der Waals surface area contributed by atoms with Crippen molar-refractivity contribution >= 4 is 0 Å². The van der Waals surface area contributed by atoms with Crippen molar-refractivity contribution in [3.05, 3.63) is 29.3 Å². The van der Waals surface area contributed by atoms with E-state index in [1.807, 2.05) is 13.0 Å². The van der Waals surface area contributed by atoms with Gasteiger partial charge in [0, 0.05) is 0 Å². The Hall–Kier alpha value is -1.06. The lowest BCUT2D eigenvalue weighted by Crippen LogP contribution is -2.15. The van der Waals surface area contributed by atoms with E-state index in [2.05, 4.69) is 32.9 Å². The number of ether oxygens (including phenoxy) is 1. The molecular formula is C16H26O3. The fourth-order valence-electron chi connectivity index (χ4n) is 1.95. The number of aliphatic hydroxyl groups is 2. The summed E-state index contributed by atoms with van der Waals surface area (Å²) in [6.45, 7) is 8.93. The van der Waals surface area contributed by atoms with E-state index in [0.29, 0.717) is 19.4 Å². The summed E-state index contributed by atoms with van der Waals surface area (Å²) >= 11 is 0. The van der Waals surface area contributed by atoms with Gasteiger partial charge in [-0.1, -0.05) is 32.9 Å². The summed E-state index contributed by atoms with van der Waals surface area (Å²) in [7, 11) is 0. The first-order valence-electron chi connectivity index (χ1n) is 6.93. The van der Waals surface area contributed by atoms with Gasteiger partial charge in [-0.25, -0.2) is 0 Å². The highest BCUT2D eigenvalue weighted by atomic mass is 16.5. The number of hydrogen-bond acceptors (Lipinski definition) is 3. The standard InChI is InChI=1S/C16H26O3/c1-5-19-15-9-7-13(16(2,3)4)10-12(15)6-8-14(18)11-17/h7,9-10,14,17-18H,5-6,8,11H2,1-4H3. The van der Waals surface area contributed by atoms with E-state index in [0.717, 1.165) is 11.3 Å². The second-order valence-corrected chi connectivity index (χ2v) is 5.88. The molecule has 1 aromatic rings. The molecule has 0 amide bonds. The predicted molar refractivity (Wildman–Crippen MR) is 77.7 cm³/mol. The highest BCUT2D eigenvalue weighted by Crippen LogP contribution is 2.29. The fourth-order valence-corrected chi connectivity index (χ4v) is 1.95. The Morgan fingerprint density at radius 3 is 2.47 bits per heavy atom. The van der Waals surface area contributed by atoms with E-state index in [1.165, 1.54) is 5.56 Å². The lowest BCUT2D eigenvalue weighted by atomic mass is 9.85. The molecule has 2 N–H and O–H groups in total. The molecule has 0 aliphatic rings. The molecule has 0 radical (unpaired) electrons. The second kappa shape index (κ2) is 6.92. The number of hydrogen-bond donors (Lipinski definition) is 2. The third kappa shape index (κ3) is 4.84. The van der Waals surface area contributed by atoms with E-state index < -0.39 is 6.10 Å². The van der Waals surface area contributed by atoms with Gasteiger partial charge in [0.1, 0.15) is 5.75 Å². The summed E-state index contributed by atoms with van der Waals surface area (Å²) in [4.78, 5) is 0. The van der Waals surface area contributed by atoms with Crippen molar-refractivity contribution in [3.8, 4) is 5.75 Å². The zero-order chi connectivity index (χ0) is 14.5. The van der Waals surface area contributed by atoms with Crippen LogP contribution in [0, 0.1) is 0 Å². The topological polar surface area (TPSA) is 49.7 Å². The van der Waals surface area contributed by atoms with Gasteiger partial charge in [-0.15, -0.1) is 0 Å². The Bertz CT molecular complexity index is 393. The van der Waals surface area contributed by atoms with Gasteiger partial charge < -0.3 is 14.9 Å². The molecule has 0 saturated heterocycles. The molecular weight excluding hydrogens is 240 g/mol. The molecule has 1 unspecified atom stereocenters. The molecule has 0 aliphatic carbocycles. The van der Waals surface area contributed by atoms with Crippen LogP contribution in [0.3, 0.4) is 0 Å². The molecule has 1 rings (SSSR count). The molecule has 3 heteroatoms. The first-order chi connectivity index (χ1) is 8.88. The van der Waals surface area contributed by atoms with E-state index >= 15 is 0 Å². The third-order valence-electron chi connectivity index (χ3n) is 3.18. The average Bonchev–Trinajstić information content (AvgIpc) is 2.36. The minimum Gasteiger partial charge on any atom is -0.494 e. The van der Waals surface area contributed by atoms with Crippen LogP contribution in [-0.2, 0) is 11.8 Å². The number of benzene rings is 1. The van der Waals surface area contributed by atoms with Crippen LogP contribution in [-0.4, -0.2) is 29.5 Å². The zero-order valence-electron chi connectivity index (χ0n) is 12.4. The smallest absolute Gasteiger partial charge is 0.122 e. The lowest BCUT2D eigenvalue weighted by Gasteiger charge is -2.21. The predicted octanol–water partition coefficient (Wildman–Crippen LogP) is 2.67. The Labute approximate surface area is 116 Å². The summed E-state index contributed by atoms with van der Waals surface area (Å²) in [5.74, 6) is 0.876. The number of aliphatic hydroxyl groups excluding tert-OH is 2. The van der Waals surface area contributed by atoms with Crippen LogP contribution in [0.25, 0.3) is 0 Å². The third-order valence-corrected chi connectivity index (χ3v) is 3.18. The molecule has 0 fully saturated rings. The highest BCUT2D eigenvalue weighted by molar-refractivity contribution is 5.39. The summed E-state index contributed by atoms with van der Waals surface area (Å²) in [6.07, 6.45) is 0.596. The molecule has 1 atom stereocenters. The normalized spacial score (nSPS) is 13.4. The molecule has 19 heavy (non-hydrogen) atoms. The van der Waals surface area contributed by atoms with E-state index in [-0.39, 0.29) is 12.0 Å². The zero-order valence-corrected chi connectivity index (χ0v) is 12.4. The molecule has 0 aromatic heterocycles. The van der Waals surface area contributed by atoms with E-state index in [4.69, 9.17) is 9.84 Å². The van der Waals surface area contributed by atoms with Crippen molar-refractivity contribution in [2.24, 2.45) is 0 Å². The van der Waals surface area contributed by atoms with Crippen LogP contribution in [0.1, 0.15) is 45.2 Å². The van der Waals surface area contributed by atoms with Gasteiger partial charge in [0.05, 0.1) is 19.3 Å². The van der Waals surface area contributed by atoms with Crippen molar-refractivity contribution < 1.29 is 14.9 Å². The van der Waals surface area contributed by atoms with Crippen molar-refractivity contribution in [1.82, 2.24) is 0 Å². The highest BCUT2D eigenvalue weighted by Gasteiger charge is 2.16. The summed E-state index contributed by atoms with van der Waals surface area (Å²) in [6, 6.07) is 6.25. The van der Waals surface area contributed by atoms with Crippen LogP contribution < -0.4 is 4.74 Å². The maximum absolute atomic E-state index is 9.48. The van der Waals surface area contributed by atoms with Crippen molar-refractivity contribution in [2.45, 2.75) is 52.1 Å². The van der Waals surface area contributed by atoms with Crippen LogP contribution in [0.15, 0.2) is 18.2 Å². The molecule has 108 valence electrons. The Balaban J connectivity index is 2.95. The van der Waals surface area contributed by atoms with Gasteiger partial charge >= 0.3 is 0 Å². The summed E-state index contributed by atoms with van der Waals surface area (Å²) in [5, 5.41) is 18.4. The minimum absolute atomic E-state index is 0.0924. The van der Waals surface area contributed by atoms with Gasteiger partial charge in [-0.3, -0.25) is 0 Å². The molecule has 0 saturated carbocycles. The SMILES string of the molecule is CCOc1ccc(C(C)(C)C)cc1CCC(O)CO. The van der Waals surface area contributed by atoms with Gasteiger partial charge in [-0.05, 0) is 42.4 Å². The second-order valence-electron chi connectivity index (χ2n) is 5.88. The van der Waals surface area contributed by atoms with Gasteiger partial charge in [0.2, 0.25) is 0 Å². The van der Waals surface area contributed by atoms with Crippen LogP contribution in [0.4, 0.5) is 0 Å². The van der Waals surface area contributed by atoms with Crippen LogP contribution in [0.5, 0.6) is 5.75 Å². The Kier molecular flexibility index (Phi) is 5.83. The molecule has 1 aromatic carbocycles. The van der Waals surface area contributed by atoms with Crippen molar-refractivity contribution in [3.63, 3.8) is 0 Å². The molecule has 0 aliphatic heterocycles. The first-order valence-corrected chi connectivity index (χ1v) is 6.93. The minimum atomic E-state index is -0.659. The van der Waals surface area contributed by atoms with Gasteiger partial charge in [-0.2, -0.15) is 0 Å². The average molecular weight is 266 g/mol. The molecule has 0 bridgehead atoms. The largest absolute Gasteiger partial charge is 0.494 e. The van der Waals surface area contributed by atoms with E-state index in [1.54, 1.807) is 0 Å². The van der Waals surface area contributed by atoms with Crippen molar-refractivity contribution in [1.29, 1.82) is 0 Å². The summed E-state index contributed by atoms with van der Waals surface area (Å²) < 4.78 is 5.63. The molecule has 0 spiro atoms. The Morgan fingerprint density at radius 2 is 1.95 bits per heavy atom. The van der Waals surface area contributed by atoms with Gasteiger partial charge in [0.15, 0.2) is 0 Å². The first kappa shape index (κ1) is 16.0. The summed E-state index contributed by atoms with van der Waals surface area (Å²) in [5.41, 5.74) is 2.45. The van der Waals surface area contributed by atoms with Gasteiger partial charge in [0.25, 0.3) is 0 Å².